The fourth-order valence-electron chi connectivity index (χ4n) is 1.51. The van der Waals surface area contributed by atoms with E-state index in [4.69, 9.17) is 21.2 Å². The summed E-state index contributed by atoms with van der Waals surface area (Å²) in [6.45, 7) is 6.15. The number of amidine groups is 1. The van der Waals surface area contributed by atoms with Crippen LogP contribution in [0.4, 0.5) is 0 Å². The lowest BCUT2D eigenvalue weighted by atomic mass is 9.86. The van der Waals surface area contributed by atoms with Gasteiger partial charge in [-0.1, -0.05) is 25.4 Å². The lowest BCUT2D eigenvalue weighted by molar-refractivity contribution is 0.104. The van der Waals surface area contributed by atoms with Crippen molar-refractivity contribution in [1.29, 1.82) is 0 Å². The van der Waals surface area contributed by atoms with Crippen LogP contribution < -0.4 is 11.1 Å². The molecular weight excluding hydrogens is 234 g/mol. The standard InChI is InChI=1S/C12H27N3O3/c1-11(2,10(13)15-18)6-4-5-7-14-12(3,8-16)9-17/h14,16-18H,4-9H2,1-3H3,(H2,13,15). The Bertz CT molecular complexity index is 263. The van der Waals surface area contributed by atoms with E-state index in [1.165, 1.54) is 0 Å². The molecule has 6 N–H and O–H groups in total. The van der Waals surface area contributed by atoms with E-state index in [9.17, 15) is 0 Å². The maximum atomic E-state index is 9.09. The first kappa shape index (κ1) is 17.2. The highest BCUT2D eigenvalue weighted by Crippen LogP contribution is 2.23. The van der Waals surface area contributed by atoms with E-state index in [-0.39, 0.29) is 24.5 Å². The van der Waals surface area contributed by atoms with Crippen LogP contribution in [-0.2, 0) is 0 Å². The molecule has 6 heteroatoms. The molecule has 0 aromatic heterocycles. The predicted octanol–water partition coefficient (Wildman–Crippen LogP) is 0.262. The van der Waals surface area contributed by atoms with Crippen LogP contribution in [0.25, 0.3) is 0 Å². The minimum Gasteiger partial charge on any atom is -0.409 e. The molecule has 0 atom stereocenters. The number of hydrogen-bond acceptors (Lipinski definition) is 5. The molecule has 0 amide bonds. The highest BCUT2D eigenvalue weighted by molar-refractivity contribution is 5.85. The van der Waals surface area contributed by atoms with Crippen LogP contribution in [0.3, 0.4) is 0 Å². The van der Waals surface area contributed by atoms with E-state index in [0.29, 0.717) is 6.54 Å². The molecule has 0 radical (unpaired) electrons. The Hall–Kier alpha value is -0.850. The van der Waals surface area contributed by atoms with Crippen molar-refractivity contribution in [2.45, 2.75) is 45.6 Å². The van der Waals surface area contributed by atoms with Gasteiger partial charge in [-0.25, -0.2) is 0 Å². The fourth-order valence-corrected chi connectivity index (χ4v) is 1.51. The van der Waals surface area contributed by atoms with Gasteiger partial charge in [0.05, 0.1) is 18.8 Å². The van der Waals surface area contributed by atoms with Gasteiger partial charge in [0.1, 0.15) is 5.84 Å². The minimum absolute atomic E-state index is 0.0981. The Morgan fingerprint density at radius 3 is 2.17 bits per heavy atom. The normalized spacial score (nSPS) is 13.9. The summed E-state index contributed by atoms with van der Waals surface area (Å²) < 4.78 is 0. The number of oxime groups is 1. The number of nitrogens with one attached hydrogen (secondary N) is 1. The van der Waals surface area contributed by atoms with E-state index in [2.05, 4.69) is 10.5 Å². The Kier molecular flexibility index (Phi) is 7.20. The monoisotopic (exact) mass is 261 g/mol. The number of unbranched alkanes of at least 4 members (excludes halogenated alkanes) is 1. The van der Waals surface area contributed by atoms with Crippen molar-refractivity contribution in [2.24, 2.45) is 16.3 Å². The number of nitrogens with zero attached hydrogens (tertiary/aromatic N) is 1. The van der Waals surface area contributed by atoms with Gasteiger partial charge in [-0.15, -0.1) is 0 Å². The average Bonchev–Trinajstić information content (AvgIpc) is 2.36. The number of nitrogens with two attached hydrogens (primary N) is 1. The first-order valence-electron chi connectivity index (χ1n) is 6.26. The molecular formula is C12H27N3O3. The molecule has 18 heavy (non-hydrogen) atoms. The zero-order valence-electron chi connectivity index (χ0n) is 11.6. The van der Waals surface area contributed by atoms with E-state index in [0.717, 1.165) is 19.3 Å². The Labute approximate surface area is 109 Å². The third-order valence-corrected chi connectivity index (χ3v) is 3.28. The van der Waals surface area contributed by atoms with Crippen LogP contribution >= 0.6 is 0 Å². The smallest absolute Gasteiger partial charge is 0.144 e. The Morgan fingerprint density at radius 2 is 1.72 bits per heavy atom. The Balaban J connectivity index is 3.88. The summed E-state index contributed by atoms with van der Waals surface area (Å²) in [4.78, 5) is 0. The Morgan fingerprint density at radius 1 is 1.17 bits per heavy atom. The lowest BCUT2D eigenvalue weighted by Gasteiger charge is -2.27. The first-order valence-corrected chi connectivity index (χ1v) is 6.26. The van der Waals surface area contributed by atoms with E-state index in [1.54, 1.807) is 6.92 Å². The van der Waals surface area contributed by atoms with Gasteiger partial charge < -0.3 is 26.5 Å². The topological polar surface area (TPSA) is 111 Å². The van der Waals surface area contributed by atoms with Crippen LogP contribution in [-0.4, -0.2) is 46.6 Å². The lowest BCUT2D eigenvalue weighted by Crippen LogP contribution is -2.49. The number of aliphatic hydroxyl groups is 2. The maximum absolute atomic E-state index is 9.09. The summed E-state index contributed by atoms with van der Waals surface area (Å²) in [5.74, 6) is 0.242. The summed E-state index contributed by atoms with van der Waals surface area (Å²) >= 11 is 0. The van der Waals surface area contributed by atoms with Crippen LogP contribution in [0.1, 0.15) is 40.0 Å². The minimum atomic E-state index is -0.624. The molecule has 0 aliphatic rings. The summed E-state index contributed by atoms with van der Waals surface area (Å²) in [5.41, 5.74) is 4.66. The van der Waals surface area contributed by atoms with Gasteiger partial charge >= 0.3 is 0 Å². The van der Waals surface area contributed by atoms with E-state index >= 15 is 0 Å². The molecule has 0 heterocycles. The molecule has 0 bridgehead atoms. The zero-order chi connectivity index (χ0) is 14.2. The second-order valence-electron chi connectivity index (χ2n) is 5.63. The van der Waals surface area contributed by atoms with Gasteiger partial charge in [0.2, 0.25) is 0 Å². The predicted molar refractivity (Wildman–Crippen MR) is 71.6 cm³/mol. The molecule has 0 rings (SSSR count). The van der Waals surface area contributed by atoms with Crippen molar-refractivity contribution in [3.05, 3.63) is 0 Å². The quantitative estimate of drug-likeness (QED) is 0.134. The average molecular weight is 261 g/mol. The van der Waals surface area contributed by atoms with Gasteiger partial charge in [0.25, 0.3) is 0 Å². The SMILES string of the molecule is CC(CO)(CO)NCCCCC(C)(C)C(N)=NO. The van der Waals surface area contributed by atoms with Crippen LogP contribution in [0.5, 0.6) is 0 Å². The summed E-state index contributed by atoms with van der Waals surface area (Å²) in [7, 11) is 0. The molecule has 108 valence electrons. The number of aliphatic hydroxyl groups excluding tert-OH is 2. The highest BCUT2D eigenvalue weighted by atomic mass is 16.4. The molecule has 0 aromatic carbocycles. The number of hydrogen-bond donors (Lipinski definition) is 5. The van der Waals surface area contributed by atoms with Crippen molar-refractivity contribution in [1.82, 2.24) is 5.32 Å². The maximum Gasteiger partial charge on any atom is 0.144 e. The molecule has 0 aliphatic carbocycles. The molecule has 6 nitrogen and oxygen atoms in total. The van der Waals surface area contributed by atoms with Gasteiger partial charge in [-0.3, -0.25) is 0 Å². The van der Waals surface area contributed by atoms with Crippen LogP contribution in [0.2, 0.25) is 0 Å². The molecule has 0 fully saturated rings. The zero-order valence-corrected chi connectivity index (χ0v) is 11.6. The second kappa shape index (κ2) is 7.56. The van der Waals surface area contributed by atoms with Gasteiger partial charge in [0.15, 0.2) is 0 Å². The third-order valence-electron chi connectivity index (χ3n) is 3.28. The van der Waals surface area contributed by atoms with Gasteiger partial charge in [-0.2, -0.15) is 0 Å². The second-order valence-corrected chi connectivity index (χ2v) is 5.63. The summed E-state index contributed by atoms with van der Waals surface area (Å²) in [6.07, 6.45) is 2.64. The largest absolute Gasteiger partial charge is 0.409 e. The molecule has 0 spiro atoms. The number of rotatable bonds is 9. The van der Waals surface area contributed by atoms with Crippen LogP contribution in [0, 0.1) is 5.41 Å². The molecule has 0 saturated carbocycles. The van der Waals surface area contributed by atoms with Crippen molar-refractivity contribution in [3.8, 4) is 0 Å². The van der Waals surface area contributed by atoms with Crippen molar-refractivity contribution >= 4 is 5.84 Å². The van der Waals surface area contributed by atoms with Crippen LogP contribution in [0.15, 0.2) is 5.16 Å². The van der Waals surface area contributed by atoms with Gasteiger partial charge in [0, 0.05) is 5.41 Å². The first-order chi connectivity index (χ1) is 8.31. The summed E-state index contributed by atoms with van der Waals surface area (Å²) in [5, 5.41) is 33.0. The van der Waals surface area contributed by atoms with Crippen molar-refractivity contribution in [2.75, 3.05) is 19.8 Å². The molecule has 0 unspecified atom stereocenters. The third kappa shape index (κ3) is 5.66. The highest BCUT2D eigenvalue weighted by Gasteiger charge is 2.23. The van der Waals surface area contributed by atoms with Crippen molar-refractivity contribution in [3.63, 3.8) is 0 Å². The van der Waals surface area contributed by atoms with Gasteiger partial charge in [-0.05, 0) is 26.3 Å². The molecule has 0 saturated heterocycles. The van der Waals surface area contributed by atoms with E-state index < -0.39 is 5.54 Å². The van der Waals surface area contributed by atoms with E-state index in [1.807, 2.05) is 13.8 Å². The van der Waals surface area contributed by atoms with Crippen molar-refractivity contribution < 1.29 is 15.4 Å². The fraction of sp³-hybridized carbons (Fsp3) is 0.917. The molecule has 0 aromatic rings. The molecule has 0 aliphatic heterocycles. The summed E-state index contributed by atoms with van der Waals surface area (Å²) in [6, 6.07) is 0.